The summed E-state index contributed by atoms with van der Waals surface area (Å²) in [6.07, 6.45) is 0.352. The van der Waals surface area contributed by atoms with Crippen LogP contribution < -0.4 is 10.5 Å². The van der Waals surface area contributed by atoms with Crippen LogP contribution in [0.15, 0.2) is 24.3 Å². The monoisotopic (exact) mass is 249 g/mol. The Morgan fingerprint density at radius 3 is 2.28 bits per heavy atom. The van der Waals surface area contributed by atoms with E-state index in [0.29, 0.717) is 11.7 Å². The van der Waals surface area contributed by atoms with Gasteiger partial charge in [0, 0.05) is 12.0 Å². The fraction of sp³-hybridized carbons (Fsp3) is 0.500. The van der Waals surface area contributed by atoms with E-state index in [1.54, 1.807) is 32.9 Å². The molecule has 0 aliphatic heterocycles. The summed E-state index contributed by atoms with van der Waals surface area (Å²) in [6, 6.07) is 7.70. The van der Waals surface area contributed by atoms with E-state index in [1.807, 2.05) is 12.1 Å². The van der Waals surface area contributed by atoms with Gasteiger partial charge in [-0.3, -0.25) is 0 Å². The molecule has 0 spiro atoms. The summed E-state index contributed by atoms with van der Waals surface area (Å²) in [5.74, 6) is 0.947. The van der Waals surface area contributed by atoms with Gasteiger partial charge in [-0.15, -0.1) is 0 Å². The highest BCUT2D eigenvalue weighted by Crippen LogP contribution is 2.39. The van der Waals surface area contributed by atoms with Gasteiger partial charge in [0.25, 0.3) is 0 Å². The third kappa shape index (κ3) is 3.47. The first-order valence-electron chi connectivity index (χ1n) is 6.11. The molecule has 0 bridgehead atoms. The lowest BCUT2D eigenvalue weighted by Crippen LogP contribution is -2.25. The van der Waals surface area contributed by atoms with E-state index in [1.165, 1.54) is 5.56 Å². The highest BCUT2D eigenvalue weighted by atomic mass is 16.7. The Morgan fingerprint density at radius 2 is 1.83 bits per heavy atom. The van der Waals surface area contributed by atoms with E-state index in [9.17, 15) is 4.79 Å². The smallest absolute Gasteiger partial charge is 0.428 e. The van der Waals surface area contributed by atoms with E-state index in [-0.39, 0.29) is 6.04 Å². The predicted octanol–water partition coefficient (Wildman–Crippen LogP) is 2.82. The molecule has 0 aromatic heterocycles. The fourth-order valence-corrected chi connectivity index (χ4v) is 1.75. The van der Waals surface area contributed by atoms with E-state index < -0.39 is 11.8 Å². The van der Waals surface area contributed by atoms with Crippen molar-refractivity contribution in [3.05, 3.63) is 29.8 Å². The van der Waals surface area contributed by atoms with Gasteiger partial charge >= 0.3 is 6.16 Å². The normalized spacial score (nSPS) is 22.4. The summed E-state index contributed by atoms with van der Waals surface area (Å²) in [7, 11) is 0. The molecule has 0 radical (unpaired) electrons. The van der Waals surface area contributed by atoms with E-state index >= 15 is 0 Å². The first-order valence-corrected chi connectivity index (χ1v) is 6.11. The van der Waals surface area contributed by atoms with Gasteiger partial charge < -0.3 is 15.2 Å². The molecule has 0 unspecified atom stereocenters. The van der Waals surface area contributed by atoms with E-state index in [0.717, 1.165) is 6.42 Å². The summed E-state index contributed by atoms with van der Waals surface area (Å²) in [4.78, 5) is 11.4. The van der Waals surface area contributed by atoms with Crippen LogP contribution in [0.4, 0.5) is 4.79 Å². The van der Waals surface area contributed by atoms with Crippen LogP contribution in [-0.4, -0.2) is 17.8 Å². The van der Waals surface area contributed by atoms with Gasteiger partial charge in [-0.25, -0.2) is 4.79 Å². The lowest BCUT2D eigenvalue weighted by Gasteiger charge is -2.18. The predicted molar refractivity (Wildman–Crippen MR) is 68.6 cm³/mol. The number of rotatable bonds is 2. The van der Waals surface area contributed by atoms with Crippen LogP contribution in [-0.2, 0) is 4.74 Å². The van der Waals surface area contributed by atoms with Crippen LogP contribution >= 0.6 is 0 Å². The van der Waals surface area contributed by atoms with Gasteiger partial charge in [0.15, 0.2) is 0 Å². The summed E-state index contributed by atoms with van der Waals surface area (Å²) >= 11 is 0. The van der Waals surface area contributed by atoms with E-state index in [4.69, 9.17) is 15.2 Å². The summed E-state index contributed by atoms with van der Waals surface area (Å²) < 4.78 is 10.1. The average Bonchev–Trinajstić information content (AvgIpc) is 2.93. The quantitative estimate of drug-likeness (QED) is 0.646. The fourth-order valence-electron chi connectivity index (χ4n) is 1.75. The average molecular weight is 249 g/mol. The zero-order chi connectivity index (χ0) is 13.3. The third-order valence-electron chi connectivity index (χ3n) is 2.74. The van der Waals surface area contributed by atoms with Gasteiger partial charge in [0.05, 0.1) is 0 Å². The molecule has 2 rings (SSSR count). The zero-order valence-corrected chi connectivity index (χ0v) is 11.0. The van der Waals surface area contributed by atoms with Crippen molar-refractivity contribution in [1.29, 1.82) is 0 Å². The maximum atomic E-state index is 11.4. The van der Waals surface area contributed by atoms with Gasteiger partial charge in [-0.05, 0) is 44.9 Å². The lowest BCUT2D eigenvalue weighted by atomic mass is 10.1. The number of ether oxygens (including phenoxy) is 2. The highest BCUT2D eigenvalue weighted by Gasteiger charge is 2.34. The molecule has 98 valence electrons. The van der Waals surface area contributed by atoms with Crippen molar-refractivity contribution in [2.24, 2.45) is 5.73 Å². The molecular formula is C14H19NO3. The van der Waals surface area contributed by atoms with Gasteiger partial charge in [0.1, 0.15) is 11.4 Å². The maximum Gasteiger partial charge on any atom is 0.514 e. The molecule has 0 saturated heterocycles. The molecule has 4 nitrogen and oxygen atoms in total. The first-order chi connectivity index (χ1) is 8.35. The molecule has 2 N–H and O–H groups in total. The van der Waals surface area contributed by atoms with Gasteiger partial charge in [0.2, 0.25) is 0 Å². The molecule has 0 amide bonds. The summed E-state index contributed by atoms with van der Waals surface area (Å²) in [5, 5.41) is 0. The van der Waals surface area contributed by atoms with Crippen LogP contribution in [0.5, 0.6) is 5.75 Å². The minimum absolute atomic E-state index is 0.280. The zero-order valence-electron chi connectivity index (χ0n) is 11.0. The van der Waals surface area contributed by atoms with Crippen molar-refractivity contribution < 1.29 is 14.3 Å². The molecule has 4 heteroatoms. The number of hydrogen-bond donors (Lipinski definition) is 1. The van der Waals surface area contributed by atoms with Crippen LogP contribution in [0.2, 0.25) is 0 Å². The van der Waals surface area contributed by atoms with Crippen molar-refractivity contribution in [2.45, 2.75) is 44.8 Å². The molecule has 1 fully saturated rings. The van der Waals surface area contributed by atoms with Crippen molar-refractivity contribution in [3.63, 3.8) is 0 Å². The van der Waals surface area contributed by atoms with E-state index in [2.05, 4.69) is 0 Å². The van der Waals surface area contributed by atoms with Gasteiger partial charge in [-0.2, -0.15) is 0 Å². The molecule has 1 aromatic carbocycles. The molecule has 1 saturated carbocycles. The number of carbonyl (C=O) groups excluding carboxylic acids is 1. The lowest BCUT2D eigenvalue weighted by molar-refractivity contribution is 0.0206. The Hall–Kier alpha value is -1.55. The van der Waals surface area contributed by atoms with Crippen LogP contribution in [0.3, 0.4) is 0 Å². The molecular weight excluding hydrogens is 230 g/mol. The summed E-state index contributed by atoms with van der Waals surface area (Å²) in [5.41, 5.74) is 6.43. The Labute approximate surface area is 107 Å². The number of nitrogens with two attached hydrogens (primary N) is 1. The van der Waals surface area contributed by atoms with Crippen molar-refractivity contribution in [2.75, 3.05) is 0 Å². The first kappa shape index (κ1) is 12.9. The SMILES string of the molecule is CC(C)(C)OC(=O)Oc1ccc([C@@H]2C[C@H]2N)cc1. The Balaban J connectivity index is 1.92. The third-order valence-corrected chi connectivity index (χ3v) is 2.74. The Morgan fingerprint density at radius 1 is 1.28 bits per heavy atom. The standard InChI is InChI=1S/C14H19NO3/c1-14(2,3)18-13(16)17-10-6-4-9(5-7-10)11-8-12(11)15/h4-7,11-12H,8,15H2,1-3H3/t11-,12+/m0/s1. The second-order valence-corrected chi connectivity index (χ2v) is 5.64. The minimum atomic E-state index is -0.682. The van der Waals surface area contributed by atoms with Crippen molar-refractivity contribution >= 4 is 6.16 Å². The molecule has 1 aliphatic rings. The molecule has 0 heterocycles. The molecule has 18 heavy (non-hydrogen) atoms. The van der Waals surface area contributed by atoms with Crippen LogP contribution in [0.25, 0.3) is 0 Å². The number of benzene rings is 1. The number of carbonyl (C=O) groups is 1. The summed E-state index contributed by atoms with van der Waals surface area (Å²) in [6.45, 7) is 5.39. The molecule has 2 atom stereocenters. The van der Waals surface area contributed by atoms with Crippen LogP contribution in [0.1, 0.15) is 38.7 Å². The highest BCUT2D eigenvalue weighted by molar-refractivity contribution is 5.64. The van der Waals surface area contributed by atoms with Crippen LogP contribution in [0, 0.1) is 0 Å². The van der Waals surface area contributed by atoms with Gasteiger partial charge in [-0.1, -0.05) is 12.1 Å². The maximum absolute atomic E-state index is 11.4. The molecule has 1 aliphatic carbocycles. The topological polar surface area (TPSA) is 61.5 Å². The second-order valence-electron chi connectivity index (χ2n) is 5.64. The molecule has 1 aromatic rings. The number of hydrogen-bond acceptors (Lipinski definition) is 4. The Kier molecular flexibility index (Phi) is 3.30. The largest absolute Gasteiger partial charge is 0.514 e. The second kappa shape index (κ2) is 4.61. The minimum Gasteiger partial charge on any atom is -0.428 e. The van der Waals surface area contributed by atoms with Crippen molar-refractivity contribution in [3.8, 4) is 5.75 Å². The Bertz CT molecular complexity index is 433. The van der Waals surface area contributed by atoms with Crippen molar-refractivity contribution in [1.82, 2.24) is 0 Å².